The van der Waals surface area contributed by atoms with Crippen LogP contribution in [0.25, 0.3) is 72.3 Å². The number of hydrogen-bond donors (Lipinski definition) is 0. The normalized spacial score (nSPS) is 11.3. The van der Waals surface area contributed by atoms with Crippen molar-refractivity contribution in [2.75, 3.05) is 0 Å². The molecule has 2 aromatic heterocycles. The summed E-state index contributed by atoms with van der Waals surface area (Å²) in [4.78, 5) is 5.03. The summed E-state index contributed by atoms with van der Waals surface area (Å²) >= 11 is 0. The Labute approximate surface area is 251 Å². The number of nitrogens with zero attached hydrogens (tertiary/aromatic N) is 2. The molecule has 6 aromatic carbocycles. The Kier molecular flexibility index (Phi) is 6.16. The van der Waals surface area contributed by atoms with Crippen molar-refractivity contribution in [3.8, 4) is 50.5 Å². The van der Waals surface area contributed by atoms with Crippen LogP contribution in [0.4, 0.5) is 0 Å². The van der Waals surface area contributed by atoms with E-state index >= 15 is 0 Å². The van der Waals surface area contributed by atoms with Crippen molar-refractivity contribution >= 4 is 21.8 Å². The van der Waals surface area contributed by atoms with Gasteiger partial charge < -0.3 is 4.57 Å². The lowest BCUT2D eigenvalue weighted by Gasteiger charge is -2.12. The highest BCUT2D eigenvalue weighted by Crippen LogP contribution is 2.34. The molecule has 202 valence electrons. The molecule has 0 amide bonds. The molecular weight excluding hydrogens is 520 g/mol. The van der Waals surface area contributed by atoms with Gasteiger partial charge in [-0.15, -0.1) is 0 Å². The molecule has 0 saturated carbocycles. The summed E-state index contributed by atoms with van der Waals surface area (Å²) in [6, 6.07) is 60.2. The van der Waals surface area contributed by atoms with Crippen molar-refractivity contribution in [3.05, 3.63) is 170 Å². The molecule has 0 unspecified atom stereocenters. The topological polar surface area (TPSA) is 17.8 Å². The molecule has 2 heteroatoms. The van der Waals surface area contributed by atoms with Gasteiger partial charge in [0.05, 0.1) is 22.4 Å². The van der Waals surface area contributed by atoms with Crippen molar-refractivity contribution in [3.63, 3.8) is 0 Å². The molecule has 0 saturated heterocycles. The Balaban J connectivity index is 1.15. The second-order valence-corrected chi connectivity index (χ2v) is 10.9. The van der Waals surface area contributed by atoms with Crippen LogP contribution < -0.4 is 0 Å². The zero-order valence-corrected chi connectivity index (χ0v) is 23.6. The number of aromatic nitrogens is 2. The minimum Gasteiger partial charge on any atom is -0.309 e. The smallest absolute Gasteiger partial charge is 0.0715 e. The summed E-state index contributed by atoms with van der Waals surface area (Å²) < 4.78 is 2.36. The first-order chi connectivity index (χ1) is 21.3. The summed E-state index contributed by atoms with van der Waals surface area (Å²) in [7, 11) is 0. The molecule has 0 fully saturated rings. The zero-order chi connectivity index (χ0) is 28.6. The van der Waals surface area contributed by atoms with Gasteiger partial charge in [0.1, 0.15) is 0 Å². The standard InChI is InChI=1S/C41H28N2/c1-3-11-32(12-4-1)38-27-34(28-39(42-38)33-13-5-2-6-14-33)31-21-19-29(20-22-31)30-23-25-35(26-24-30)43-40-17-9-7-15-36(40)37-16-8-10-18-41(37)43/h1-28H. The second-order valence-electron chi connectivity index (χ2n) is 10.9. The van der Waals surface area contributed by atoms with Crippen LogP contribution in [-0.4, -0.2) is 9.55 Å². The molecule has 0 atom stereocenters. The van der Waals surface area contributed by atoms with Crippen molar-refractivity contribution in [2.45, 2.75) is 0 Å². The maximum Gasteiger partial charge on any atom is 0.0715 e. The van der Waals surface area contributed by atoms with Gasteiger partial charge in [-0.1, -0.05) is 133 Å². The minimum atomic E-state index is 0.974. The first-order valence-electron chi connectivity index (χ1n) is 14.6. The number of benzene rings is 6. The van der Waals surface area contributed by atoms with Gasteiger partial charge in [-0.25, -0.2) is 4.98 Å². The molecule has 0 aliphatic carbocycles. The molecular formula is C41H28N2. The van der Waals surface area contributed by atoms with Gasteiger partial charge in [-0.2, -0.15) is 0 Å². The fraction of sp³-hybridized carbons (Fsp3) is 0. The minimum absolute atomic E-state index is 0.974. The average Bonchev–Trinajstić information content (AvgIpc) is 3.43. The van der Waals surface area contributed by atoms with E-state index in [2.05, 4.69) is 162 Å². The van der Waals surface area contributed by atoms with Crippen LogP contribution in [0.2, 0.25) is 0 Å². The van der Waals surface area contributed by atoms with E-state index in [1.165, 1.54) is 38.5 Å². The van der Waals surface area contributed by atoms with Gasteiger partial charge in [0.15, 0.2) is 0 Å². The molecule has 0 aliphatic rings. The van der Waals surface area contributed by atoms with E-state index < -0.39 is 0 Å². The fourth-order valence-electron chi connectivity index (χ4n) is 6.07. The van der Waals surface area contributed by atoms with E-state index in [4.69, 9.17) is 4.98 Å². The van der Waals surface area contributed by atoms with E-state index in [1.54, 1.807) is 0 Å². The molecule has 2 nitrogen and oxygen atoms in total. The predicted octanol–water partition coefficient (Wildman–Crippen LogP) is 10.8. The number of rotatable bonds is 5. The van der Waals surface area contributed by atoms with Crippen LogP contribution in [0.5, 0.6) is 0 Å². The fourth-order valence-corrected chi connectivity index (χ4v) is 6.07. The lowest BCUT2D eigenvalue weighted by Crippen LogP contribution is -1.93. The average molecular weight is 549 g/mol. The molecule has 0 radical (unpaired) electrons. The Bertz CT molecular complexity index is 2080. The number of hydrogen-bond acceptors (Lipinski definition) is 1. The van der Waals surface area contributed by atoms with Crippen LogP contribution >= 0.6 is 0 Å². The highest BCUT2D eigenvalue weighted by Gasteiger charge is 2.12. The first kappa shape index (κ1) is 25.0. The summed E-state index contributed by atoms with van der Waals surface area (Å²) in [5, 5.41) is 2.56. The molecule has 8 aromatic rings. The number of fused-ring (bicyclic) bond motifs is 3. The highest BCUT2D eigenvalue weighted by molar-refractivity contribution is 6.09. The summed E-state index contributed by atoms with van der Waals surface area (Å²) in [5.74, 6) is 0. The predicted molar refractivity (Wildman–Crippen MR) is 180 cm³/mol. The Morgan fingerprint density at radius 1 is 0.326 bits per heavy atom. The van der Waals surface area contributed by atoms with E-state index in [0.29, 0.717) is 0 Å². The summed E-state index contributed by atoms with van der Waals surface area (Å²) in [6.07, 6.45) is 0. The second kappa shape index (κ2) is 10.6. The van der Waals surface area contributed by atoms with E-state index in [-0.39, 0.29) is 0 Å². The molecule has 43 heavy (non-hydrogen) atoms. The molecule has 0 bridgehead atoms. The van der Waals surface area contributed by atoms with Crippen molar-refractivity contribution < 1.29 is 0 Å². The Morgan fingerprint density at radius 3 is 1.21 bits per heavy atom. The lowest BCUT2D eigenvalue weighted by atomic mass is 9.97. The van der Waals surface area contributed by atoms with Crippen molar-refractivity contribution in [1.29, 1.82) is 0 Å². The Morgan fingerprint density at radius 2 is 0.721 bits per heavy atom. The molecule has 0 aliphatic heterocycles. The van der Waals surface area contributed by atoms with Gasteiger partial charge in [-0.05, 0) is 58.7 Å². The van der Waals surface area contributed by atoms with Gasteiger partial charge >= 0.3 is 0 Å². The third kappa shape index (κ3) is 4.60. The number of para-hydroxylation sites is 2. The first-order valence-corrected chi connectivity index (χ1v) is 14.6. The third-order valence-electron chi connectivity index (χ3n) is 8.22. The van der Waals surface area contributed by atoms with Crippen LogP contribution in [0, 0.1) is 0 Å². The van der Waals surface area contributed by atoms with Crippen molar-refractivity contribution in [2.24, 2.45) is 0 Å². The summed E-state index contributed by atoms with van der Waals surface area (Å²) in [6.45, 7) is 0. The molecule has 0 spiro atoms. The quantitative estimate of drug-likeness (QED) is 0.209. The molecule has 8 rings (SSSR count). The van der Waals surface area contributed by atoms with Gasteiger partial charge in [-0.3, -0.25) is 0 Å². The van der Waals surface area contributed by atoms with Gasteiger partial charge in [0, 0.05) is 27.6 Å². The SMILES string of the molecule is c1ccc(-c2cc(-c3ccc(-c4ccc(-n5c6ccccc6c6ccccc65)cc4)cc3)cc(-c3ccccc3)n2)cc1. The van der Waals surface area contributed by atoms with E-state index in [0.717, 1.165) is 33.8 Å². The van der Waals surface area contributed by atoms with Crippen molar-refractivity contribution in [1.82, 2.24) is 9.55 Å². The van der Waals surface area contributed by atoms with Crippen LogP contribution in [-0.2, 0) is 0 Å². The largest absolute Gasteiger partial charge is 0.309 e. The van der Waals surface area contributed by atoms with E-state index in [1.807, 2.05) is 12.1 Å². The monoisotopic (exact) mass is 548 g/mol. The molecule has 2 heterocycles. The van der Waals surface area contributed by atoms with Gasteiger partial charge in [0.2, 0.25) is 0 Å². The summed E-state index contributed by atoms with van der Waals surface area (Å²) in [5.41, 5.74) is 12.5. The highest BCUT2D eigenvalue weighted by atomic mass is 15.0. The van der Waals surface area contributed by atoms with Crippen LogP contribution in [0.1, 0.15) is 0 Å². The van der Waals surface area contributed by atoms with Gasteiger partial charge in [0.25, 0.3) is 0 Å². The Hall–Kier alpha value is -5.73. The maximum atomic E-state index is 5.03. The lowest BCUT2D eigenvalue weighted by molar-refractivity contribution is 1.18. The molecule has 0 N–H and O–H groups in total. The zero-order valence-electron chi connectivity index (χ0n) is 23.6. The van der Waals surface area contributed by atoms with Crippen LogP contribution in [0.3, 0.4) is 0 Å². The van der Waals surface area contributed by atoms with Crippen LogP contribution in [0.15, 0.2) is 170 Å². The number of pyridine rings is 1. The third-order valence-corrected chi connectivity index (χ3v) is 8.22. The van der Waals surface area contributed by atoms with E-state index in [9.17, 15) is 0 Å². The maximum absolute atomic E-state index is 5.03.